The number of aliphatic hydroxyl groups excluding tert-OH is 1. The van der Waals surface area contributed by atoms with Crippen LogP contribution in [0.1, 0.15) is 20.8 Å². The summed E-state index contributed by atoms with van der Waals surface area (Å²) in [7, 11) is -1.66. The average molecular weight is 204 g/mol. The van der Waals surface area contributed by atoms with Crippen molar-refractivity contribution in [3.05, 3.63) is 0 Å². The first kappa shape index (κ1) is 12.6. The van der Waals surface area contributed by atoms with E-state index < -0.39 is 20.1 Å². The van der Waals surface area contributed by atoms with Crippen LogP contribution in [0, 0.1) is 0 Å². The summed E-state index contributed by atoms with van der Waals surface area (Å²) in [5, 5.41) is 18.0. The van der Waals surface area contributed by atoms with E-state index in [4.69, 9.17) is 5.11 Å². The monoisotopic (exact) mass is 204 g/mol. The Balaban J connectivity index is 4.43. The maximum absolute atomic E-state index is 10.5. The molecule has 0 aromatic rings. The Bertz CT molecular complexity index is 194. The van der Waals surface area contributed by atoms with Crippen molar-refractivity contribution >= 4 is 14.0 Å². The SMILES string of the molecule is CC(C)(C)[Si](C)(C)CC(O)C(=O)O. The molecule has 0 amide bonds. The number of aliphatic hydroxyl groups is 1. The summed E-state index contributed by atoms with van der Waals surface area (Å²) in [6, 6.07) is 0.422. The average Bonchev–Trinajstić information content (AvgIpc) is 1.83. The molecule has 1 unspecified atom stereocenters. The van der Waals surface area contributed by atoms with Gasteiger partial charge in [0.2, 0.25) is 0 Å². The quantitative estimate of drug-likeness (QED) is 0.691. The molecule has 3 nitrogen and oxygen atoms in total. The highest BCUT2D eigenvalue weighted by Gasteiger charge is 2.38. The Morgan fingerprint density at radius 1 is 1.38 bits per heavy atom. The molecule has 0 saturated carbocycles. The number of rotatable bonds is 3. The smallest absolute Gasteiger partial charge is 0.332 e. The first-order valence-corrected chi connectivity index (χ1v) is 7.69. The van der Waals surface area contributed by atoms with Crippen LogP contribution in [-0.2, 0) is 4.79 Å². The summed E-state index contributed by atoms with van der Waals surface area (Å²) < 4.78 is 0. The van der Waals surface area contributed by atoms with E-state index in [1.54, 1.807) is 0 Å². The van der Waals surface area contributed by atoms with E-state index in [9.17, 15) is 9.90 Å². The summed E-state index contributed by atoms with van der Waals surface area (Å²) in [5.41, 5.74) is 0. The molecule has 0 aliphatic carbocycles. The Morgan fingerprint density at radius 3 is 2.00 bits per heavy atom. The Hall–Kier alpha value is -0.353. The fourth-order valence-corrected chi connectivity index (χ4v) is 2.63. The van der Waals surface area contributed by atoms with Crippen molar-refractivity contribution in [3.63, 3.8) is 0 Å². The third-order valence-electron chi connectivity index (χ3n) is 3.02. The minimum absolute atomic E-state index is 0.128. The summed E-state index contributed by atoms with van der Waals surface area (Å²) >= 11 is 0. The Labute approximate surface area is 80.8 Å². The van der Waals surface area contributed by atoms with Gasteiger partial charge in [-0.15, -0.1) is 0 Å². The maximum atomic E-state index is 10.5. The van der Waals surface area contributed by atoms with Gasteiger partial charge in [0.1, 0.15) is 6.10 Å². The first-order chi connectivity index (χ1) is 5.58. The third kappa shape index (κ3) is 3.48. The number of aliphatic carboxylic acids is 1. The highest BCUT2D eigenvalue weighted by atomic mass is 28.3. The fourth-order valence-electron chi connectivity index (χ4n) is 0.877. The molecule has 0 aliphatic rings. The molecule has 0 bridgehead atoms. The van der Waals surface area contributed by atoms with Crippen LogP contribution in [0.5, 0.6) is 0 Å². The van der Waals surface area contributed by atoms with Crippen LogP contribution in [0.15, 0.2) is 0 Å². The van der Waals surface area contributed by atoms with Gasteiger partial charge in [-0.05, 0) is 11.1 Å². The lowest BCUT2D eigenvalue weighted by molar-refractivity contribution is -0.145. The molecular weight excluding hydrogens is 184 g/mol. The van der Waals surface area contributed by atoms with Crippen molar-refractivity contribution in [2.45, 2.75) is 51.1 Å². The summed E-state index contributed by atoms with van der Waals surface area (Å²) in [4.78, 5) is 10.5. The van der Waals surface area contributed by atoms with Crippen molar-refractivity contribution in [2.75, 3.05) is 0 Å². The van der Waals surface area contributed by atoms with Crippen LogP contribution < -0.4 is 0 Å². The normalized spacial score (nSPS) is 15.5. The summed E-state index contributed by atoms with van der Waals surface area (Å²) in [6.07, 6.45) is -1.19. The largest absolute Gasteiger partial charge is 0.479 e. The molecule has 0 radical (unpaired) electrons. The fraction of sp³-hybridized carbons (Fsp3) is 0.889. The molecule has 1 atom stereocenters. The minimum Gasteiger partial charge on any atom is -0.479 e. The number of carboxylic acids is 1. The van der Waals surface area contributed by atoms with E-state index in [0.717, 1.165) is 0 Å². The molecule has 0 aromatic carbocycles. The van der Waals surface area contributed by atoms with Gasteiger partial charge in [-0.25, -0.2) is 4.79 Å². The van der Waals surface area contributed by atoms with E-state index in [1.807, 2.05) is 0 Å². The van der Waals surface area contributed by atoms with Crippen molar-refractivity contribution < 1.29 is 15.0 Å². The van der Waals surface area contributed by atoms with E-state index >= 15 is 0 Å². The van der Waals surface area contributed by atoms with Gasteiger partial charge in [0.25, 0.3) is 0 Å². The molecule has 2 N–H and O–H groups in total. The molecule has 0 saturated heterocycles. The zero-order chi connectivity index (χ0) is 10.9. The van der Waals surface area contributed by atoms with Gasteiger partial charge in [-0.2, -0.15) is 0 Å². The van der Waals surface area contributed by atoms with Crippen LogP contribution in [0.4, 0.5) is 0 Å². The lowest BCUT2D eigenvalue weighted by Gasteiger charge is -2.37. The first-order valence-electron chi connectivity index (χ1n) is 4.49. The van der Waals surface area contributed by atoms with Gasteiger partial charge < -0.3 is 10.2 Å². The number of hydrogen-bond acceptors (Lipinski definition) is 2. The van der Waals surface area contributed by atoms with Crippen molar-refractivity contribution in [1.29, 1.82) is 0 Å². The number of hydrogen-bond donors (Lipinski definition) is 2. The van der Waals surface area contributed by atoms with Gasteiger partial charge in [0.15, 0.2) is 0 Å². The maximum Gasteiger partial charge on any atom is 0.332 e. The molecule has 4 heteroatoms. The van der Waals surface area contributed by atoms with E-state index in [0.29, 0.717) is 6.04 Å². The zero-order valence-electron chi connectivity index (χ0n) is 9.09. The number of carboxylic acid groups (broad SMARTS) is 1. The summed E-state index contributed by atoms with van der Waals surface area (Å²) in [5.74, 6) is -1.11. The van der Waals surface area contributed by atoms with Crippen LogP contribution in [0.25, 0.3) is 0 Å². The molecule has 0 heterocycles. The highest BCUT2D eigenvalue weighted by Crippen LogP contribution is 2.39. The molecule has 0 spiro atoms. The predicted octanol–water partition coefficient (Wildman–Crippen LogP) is 1.94. The van der Waals surface area contributed by atoms with Crippen LogP contribution in [0.3, 0.4) is 0 Å². The van der Waals surface area contributed by atoms with Crippen molar-refractivity contribution in [2.24, 2.45) is 0 Å². The van der Waals surface area contributed by atoms with Crippen molar-refractivity contribution in [1.82, 2.24) is 0 Å². The standard InChI is InChI=1S/C9H20O3Si/c1-9(2,3)13(4,5)6-7(10)8(11)12/h7,10H,6H2,1-5H3,(H,11,12). The molecule has 0 rings (SSSR count). The second-order valence-electron chi connectivity index (χ2n) is 5.19. The van der Waals surface area contributed by atoms with Crippen LogP contribution in [0.2, 0.25) is 24.2 Å². The lowest BCUT2D eigenvalue weighted by atomic mass is 10.2. The summed E-state index contributed by atoms with van der Waals surface area (Å²) in [6.45, 7) is 10.5. The molecule has 0 aromatic heterocycles. The van der Waals surface area contributed by atoms with Crippen LogP contribution in [-0.4, -0.2) is 30.4 Å². The molecule has 78 valence electrons. The van der Waals surface area contributed by atoms with Gasteiger partial charge >= 0.3 is 5.97 Å². The topological polar surface area (TPSA) is 57.5 Å². The van der Waals surface area contributed by atoms with Gasteiger partial charge in [-0.3, -0.25) is 0 Å². The molecule has 0 fully saturated rings. The van der Waals surface area contributed by atoms with Crippen molar-refractivity contribution in [3.8, 4) is 0 Å². The zero-order valence-corrected chi connectivity index (χ0v) is 10.1. The Morgan fingerprint density at radius 2 is 1.77 bits per heavy atom. The molecular formula is C9H20O3Si. The third-order valence-corrected chi connectivity index (χ3v) is 8.49. The Kier molecular flexibility index (Phi) is 3.69. The molecule has 0 aliphatic heterocycles. The second kappa shape index (κ2) is 3.80. The van der Waals surface area contributed by atoms with E-state index in [2.05, 4.69) is 33.9 Å². The molecule has 13 heavy (non-hydrogen) atoms. The van der Waals surface area contributed by atoms with Crippen LogP contribution >= 0.6 is 0 Å². The predicted molar refractivity (Wildman–Crippen MR) is 55.6 cm³/mol. The highest BCUT2D eigenvalue weighted by molar-refractivity contribution is 6.80. The van der Waals surface area contributed by atoms with E-state index in [-0.39, 0.29) is 5.04 Å². The lowest BCUT2D eigenvalue weighted by Crippen LogP contribution is -2.42. The van der Waals surface area contributed by atoms with E-state index in [1.165, 1.54) is 0 Å². The van der Waals surface area contributed by atoms with Gasteiger partial charge in [0.05, 0.1) is 8.07 Å². The number of carbonyl (C=O) groups is 1. The minimum atomic E-state index is -1.66. The van der Waals surface area contributed by atoms with Gasteiger partial charge in [-0.1, -0.05) is 33.9 Å². The second-order valence-corrected chi connectivity index (χ2v) is 10.9. The van der Waals surface area contributed by atoms with Gasteiger partial charge in [0, 0.05) is 0 Å².